The molecule has 4 heteroatoms. The number of carbonyl (C=O) groups excluding carboxylic acids is 1. The van der Waals surface area contributed by atoms with E-state index >= 15 is 0 Å². The molecule has 0 saturated carbocycles. The second-order valence-corrected chi connectivity index (χ2v) is 6.41. The van der Waals surface area contributed by atoms with Crippen LogP contribution in [-0.4, -0.2) is 10.8 Å². The number of nitrogens with zero attached hydrogens (tertiary/aromatic N) is 1. The second kappa shape index (κ2) is 5.73. The minimum Gasteiger partial charge on any atom is -0.289 e. The van der Waals surface area contributed by atoms with Crippen molar-refractivity contribution < 1.29 is 4.79 Å². The van der Waals surface area contributed by atoms with Crippen molar-refractivity contribution >= 4 is 50.9 Å². The summed E-state index contributed by atoms with van der Waals surface area (Å²) in [5.41, 5.74) is 3.13. The van der Waals surface area contributed by atoms with Gasteiger partial charge in [0.1, 0.15) is 0 Å². The second-order valence-electron chi connectivity index (χ2n) is 4.81. The number of aryl methyl sites for hydroxylation is 1. The molecule has 3 aromatic rings. The number of hydrogen-bond donors (Lipinski definition) is 0. The molecule has 0 atom stereocenters. The van der Waals surface area contributed by atoms with Gasteiger partial charge in [-0.1, -0.05) is 17.7 Å². The van der Waals surface area contributed by atoms with Crippen molar-refractivity contribution in [3.8, 4) is 0 Å². The third-order valence-electron chi connectivity index (χ3n) is 3.26. The van der Waals surface area contributed by atoms with E-state index in [-0.39, 0.29) is 5.78 Å². The Morgan fingerprint density at radius 3 is 2.71 bits per heavy atom. The predicted octanol–water partition coefficient (Wildman–Crippen LogP) is 5.03. The number of hydrogen-bond acceptors (Lipinski definition) is 2. The lowest BCUT2D eigenvalue weighted by Crippen LogP contribution is -2.04. The number of aromatic nitrogens is 1. The van der Waals surface area contributed by atoms with Crippen LogP contribution in [0.5, 0.6) is 0 Å². The molecule has 0 fully saturated rings. The van der Waals surface area contributed by atoms with E-state index in [1.165, 1.54) is 0 Å². The van der Waals surface area contributed by atoms with Gasteiger partial charge in [-0.25, -0.2) is 0 Å². The van der Waals surface area contributed by atoms with Gasteiger partial charge in [-0.05, 0) is 72.0 Å². The Labute approximate surface area is 141 Å². The maximum Gasteiger partial charge on any atom is 0.194 e. The molecule has 0 amide bonds. The number of benzene rings is 2. The highest BCUT2D eigenvalue weighted by atomic mass is 127. The lowest BCUT2D eigenvalue weighted by Gasteiger charge is -2.06. The van der Waals surface area contributed by atoms with Crippen molar-refractivity contribution in [2.45, 2.75) is 6.92 Å². The SMILES string of the molecule is Cc1ccc2cc(C(=O)c3cc(Cl)ccc3I)ccc2n1. The minimum absolute atomic E-state index is 0.0237. The van der Waals surface area contributed by atoms with Crippen LogP contribution < -0.4 is 0 Å². The van der Waals surface area contributed by atoms with Gasteiger partial charge in [-0.15, -0.1) is 0 Å². The molecule has 3 rings (SSSR count). The highest BCUT2D eigenvalue weighted by molar-refractivity contribution is 14.1. The van der Waals surface area contributed by atoms with Gasteiger partial charge in [0.05, 0.1) is 5.52 Å². The monoisotopic (exact) mass is 407 g/mol. The van der Waals surface area contributed by atoms with E-state index in [2.05, 4.69) is 27.6 Å². The molecule has 0 unspecified atom stereocenters. The quantitative estimate of drug-likeness (QED) is 0.440. The Hall–Kier alpha value is -1.46. The van der Waals surface area contributed by atoms with Gasteiger partial charge in [-0.2, -0.15) is 0 Å². The standard InChI is InChI=1S/C17H11ClINO/c1-10-2-3-11-8-12(4-7-16(11)20-10)17(21)14-9-13(18)5-6-15(14)19/h2-9H,1H3. The van der Waals surface area contributed by atoms with E-state index in [0.29, 0.717) is 16.1 Å². The van der Waals surface area contributed by atoms with Crippen LogP contribution in [0.2, 0.25) is 5.02 Å². The molecule has 2 aromatic carbocycles. The van der Waals surface area contributed by atoms with Crippen LogP contribution in [0.1, 0.15) is 21.6 Å². The number of halogens is 2. The summed E-state index contributed by atoms with van der Waals surface area (Å²) in [5, 5.41) is 1.53. The molecular weight excluding hydrogens is 397 g/mol. The molecule has 0 radical (unpaired) electrons. The lowest BCUT2D eigenvalue weighted by atomic mass is 10.0. The summed E-state index contributed by atoms with van der Waals surface area (Å²) in [4.78, 5) is 17.1. The molecule has 0 aliphatic rings. The number of fused-ring (bicyclic) bond motifs is 1. The van der Waals surface area contributed by atoms with Crippen molar-refractivity contribution in [2.24, 2.45) is 0 Å². The molecule has 0 aliphatic heterocycles. The molecule has 1 heterocycles. The lowest BCUT2D eigenvalue weighted by molar-refractivity contribution is 0.103. The zero-order chi connectivity index (χ0) is 15.0. The van der Waals surface area contributed by atoms with Crippen LogP contribution in [0, 0.1) is 10.5 Å². The van der Waals surface area contributed by atoms with E-state index in [1.54, 1.807) is 12.1 Å². The van der Waals surface area contributed by atoms with Crippen LogP contribution in [0.25, 0.3) is 10.9 Å². The zero-order valence-electron chi connectivity index (χ0n) is 11.2. The first-order valence-electron chi connectivity index (χ1n) is 6.42. The largest absolute Gasteiger partial charge is 0.289 e. The summed E-state index contributed by atoms with van der Waals surface area (Å²) in [6, 6.07) is 14.8. The fourth-order valence-electron chi connectivity index (χ4n) is 2.20. The summed E-state index contributed by atoms with van der Waals surface area (Å²) in [5.74, 6) is -0.0237. The molecule has 0 aliphatic carbocycles. The van der Waals surface area contributed by atoms with Gasteiger partial charge >= 0.3 is 0 Å². The van der Waals surface area contributed by atoms with Crippen molar-refractivity contribution in [3.63, 3.8) is 0 Å². The summed E-state index contributed by atoms with van der Waals surface area (Å²) >= 11 is 8.14. The van der Waals surface area contributed by atoms with Crippen LogP contribution in [-0.2, 0) is 0 Å². The first-order chi connectivity index (χ1) is 10.0. The van der Waals surface area contributed by atoms with E-state index in [0.717, 1.165) is 20.2 Å². The summed E-state index contributed by atoms with van der Waals surface area (Å²) < 4.78 is 0.893. The Bertz CT molecular complexity index is 861. The van der Waals surface area contributed by atoms with Gasteiger partial charge in [0, 0.05) is 30.8 Å². The van der Waals surface area contributed by atoms with Crippen molar-refractivity contribution in [1.82, 2.24) is 4.98 Å². The topological polar surface area (TPSA) is 30.0 Å². The Morgan fingerprint density at radius 2 is 1.90 bits per heavy atom. The Balaban J connectivity index is 2.09. The summed E-state index contributed by atoms with van der Waals surface area (Å²) in [6.07, 6.45) is 0. The smallest absolute Gasteiger partial charge is 0.194 e. The van der Waals surface area contributed by atoms with Gasteiger partial charge in [0.15, 0.2) is 5.78 Å². The molecule has 0 spiro atoms. The average Bonchev–Trinajstić information content (AvgIpc) is 2.48. The molecule has 1 aromatic heterocycles. The number of carbonyl (C=O) groups is 1. The fraction of sp³-hybridized carbons (Fsp3) is 0.0588. The first kappa shape index (κ1) is 14.5. The van der Waals surface area contributed by atoms with E-state index in [4.69, 9.17) is 11.6 Å². The Kier molecular flexibility index (Phi) is 3.95. The highest BCUT2D eigenvalue weighted by Gasteiger charge is 2.13. The average molecular weight is 408 g/mol. The fourth-order valence-corrected chi connectivity index (χ4v) is 2.95. The third kappa shape index (κ3) is 2.94. The molecule has 2 nitrogen and oxygen atoms in total. The van der Waals surface area contributed by atoms with Gasteiger partial charge in [0.25, 0.3) is 0 Å². The van der Waals surface area contributed by atoms with E-state index in [9.17, 15) is 4.79 Å². The maximum atomic E-state index is 12.6. The first-order valence-corrected chi connectivity index (χ1v) is 7.87. The highest BCUT2D eigenvalue weighted by Crippen LogP contribution is 2.23. The molecule has 104 valence electrons. The van der Waals surface area contributed by atoms with Gasteiger partial charge in [0.2, 0.25) is 0 Å². The number of rotatable bonds is 2. The normalized spacial score (nSPS) is 10.8. The van der Waals surface area contributed by atoms with E-state index in [1.807, 2.05) is 43.3 Å². The summed E-state index contributed by atoms with van der Waals surface area (Å²) in [7, 11) is 0. The molecule has 0 bridgehead atoms. The molecular formula is C17H11ClINO. The van der Waals surface area contributed by atoms with Crippen LogP contribution in [0.15, 0.2) is 48.5 Å². The third-order valence-corrected chi connectivity index (χ3v) is 4.44. The Morgan fingerprint density at radius 1 is 1.10 bits per heavy atom. The van der Waals surface area contributed by atoms with Gasteiger partial charge in [-0.3, -0.25) is 9.78 Å². The number of ketones is 1. The molecule has 0 saturated heterocycles. The summed E-state index contributed by atoms with van der Waals surface area (Å²) in [6.45, 7) is 1.95. The molecule has 0 N–H and O–H groups in total. The van der Waals surface area contributed by atoms with Crippen molar-refractivity contribution in [1.29, 1.82) is 0 Å². The van der Waals surface area contributed by atoms with Crippen LogP contribution in [0.4, 0.5) is 0 Å². The minimum atomic E-state index is -0.0237. The van der Waals surface area contributed by atoms with Crippen LogP contribution in [0.3, 0.4) is 0 Å². The van der Waals surface area contributed by atoms with Crippen LogP contribution >= 0.6 is 34.2 Å². The van der Waals surface area contributed by atoms with Crippen molar-refractivity contribution in [2.75, 3.05) is 0 Å². The van der Waals surface area contributed by atoms with E-state index < -0.39 is 0 Å². The predicted molar refractivity (Wildman–Crippen MR) is 94.1 cm³/mol. The molecule has 21 heavy (non-hydrogen) atoms. The zero-order valence-corrected chi connectivity index (χ0v) is 14.1. The number of pyridine rings is 1. The van der Waals surface area contributed by atoms with Crippen molar-refractivity contribution in [3.05, 3.63) is 73.9 Å². The maximum absolute atomic E-state index is 12.6. The van der Waals surface area contributed by atoms with Gasteiger partial charge < -0.3 is 0 Å².